The van der Waals surface area contributed by atoms with Gasteiger partial charge < -0.3 is 29.9 Å². The number of benzene rings is 1. The standard InChI is InChI=1S/C23H36N8O2/c1-3-30(4-2)23-27-21(24-9-10-29-11-15-32-16-12-29)26-22(28-23)25-19-5-7-20(8-6-19)31-13-17-33-18-14-31/h5-8H,3-4,9-18H2,1-2H3,(H2,24,25,26,27,28). The van der Waals surface area contributed by atoms with Crippen molar-refractivity contribution in [2.75, 3.05) is 99.2 Å². The molecular weight excluding hydrogens is 420 g/mol. The second-order valence-corrected chi connectivity index (χ2v) is 8.11. The molecule has 10 heteroatoms. The molecule has 2 N–H and O–H groups in total. The second-order valence-electron chi connectivity index (χ2n) is 8.11. The Morgan fingerprint density at radius 3 is 2.15 bits per heavy atom. The molecule has 1 aromatic carbocycles. The Morgan fingerprint density at radius 2 is 1.48 bits per heavy atom. The van der Waals surface area contributed by atoms with Gasteiger partial charge in [0.2, 0.25) is 17.8 Å². The smallest absolute Gasteiger partial charge is 0.233 e. The van der Waals surface area contributed by atoms with E-state index in [0.717, 1.165) is 84.5 Å². The molecule has 2 fully saturated rings. The van der Waals surface area contributed by atoms with Gasteiger partial charge in [-0.3, -0.25) is 4.90 Å². The number of morpholine rings is 2. The molecule has 2 aromatic rings. The molecule has 2 aliphatic rings. The van der Waals surface area contributed by atoms with Crippen molar-refractivity contribution in [1.82, 2.24) is 19.9 Å². The maximum absolute atomic E-state index is 5.45. The predicted octanol–water partition coefficient (Wildman–Crippen LogP) is 2.04. The maximum atomic E-state index is 5.45. The molecule has 4 rings (SSSR count). The van der Waals surface area contributed by atoms with Gasteiger partial charge in [0, 0.05) is 63.7 Å². The van der Waals surface area contributed by atoms with Crippen LogP contribution in [-0.4, -0.2) is 98.6 Å². The zero-order chi connectivity index (χ0) is 22.9. The Labute approximate surface area is 196 Å². The van der Waals surface area contributed by atoms with E-state index in [0.29, 0.717) is 17.8 Å². The van der Waals surface area contributed by atoms with Crippen LogP contribution in [0.15, 0.2) is 24.3 Å². The lowest BCUT2D eigenvalue weighted by atomic mass is 10.2. The van der Waals surface area contributed by atoms with Crippen molar-refractivity contribution in [3.63, 3.8) is 0 Å². The molecule has 0 atom stereocenters. The molecule has 10 nitrogen and oxygen atoms in total. The van der Waals surface area contributed by atoms with Gasteiger partial charge in [-0.25, -0.2) is 0 Å². The third-order valence-corrected chi connectivity index (χ3v) is 5.98. The molecule has 2 saturated heterocycles. The summed E-state index contributed by atoms with van der Waals surface area (Å²) >= 11 is 0. The molecule has 0 bridgehead atoms. The summed E-state index contributed by atoms with van der Waals surface area (Å²) < 4.78 is 10.9. The summed E-state index contributed by atoms with van der Waals surface area (Å²) in [4.78, 5) is 20.8. The van der Waals surface area contributed by atoms with Crippen LogP contribution in [0.3, 0.4) is 0 Å². The van der Waals surface area contributed by atoms with Gasteiger partial charge in [0.25, 0.3) is 0 Å². The molecule has 33 heavy (non-hydrogen) atoms. The van der Waals surface area contributed by atoms with E-state index in [-0.39, 0.29) is 0 Å². The van der Waals surface area contributed by atoms with Crippen molar-refractivity contribution in [1.29, 1.82) is 0 Å². The summed E-state index contributed by atoms with van der Waals surface area (Å²) in [5.74, 6) is 1.81. The SMILES string of the molecule is CCN(CC)c1nc(NCCN2CCOCC2)nc(Nc2ccc(N3CCOCC3)cc2)n1. The number of nitrogens with zero attached hydrogens (tertiary/aromatic N) is 6. The van der Waals surface area contributed by atoms with E-state index in [1.165, 1.54) is 5.69 Å². The fourth-order valence-corrected chi connectivity index (χ4v) is 4.00. The first-order chi connectivity index (χ1) is 16.2. The minimum absolute atomic E-state index is 0.542. The Balaban J connectivity index is 1.43. The quantitative estimate of drug-likeness (QED) is 0.553. The van der Waals surface area contributed by atoms with Crippen LogP contribution in [0.4, 0.5) is 29.2 Å². The Kier molecular flexibility index (Phi) is 8.51. The van der Waals surface area contributed by atoms with Gasteiger partial charge in [0.15, 0.2) is 0 Å². The summed E-state index contributed by atoms with van der Waals surface area (Å²) in [7, 11) is 0. The van der Waals surface area contributed by atoms with Gasteiger partial charge >= 0.3 is 0 Å². The monoisotopic (exact) mass is 456 g/mol. The van der Waals surface area contributed by atoms with Crippen molar-refractivity contribution in [3.05, 3.63) is 24.3 Å². The number of rotatable bonds is 10. The topological polar surface area (TPSA) is 90.9 Å². The van der Waals surface area contributed by atoms with Crippen molar-refractivity contribution in [2.45, 2.75) is 13.8 Å². The van der Waals surface area contributed by atoms with Crippen LogP contribution in [-0.2, 0) is 9.47 Å². The highest BCUT2D eigenvalue weighted by Gasteiger charge is 2.14. The maximum Gasteiger partial charge on any atom is 0.233 e. The molecule has 180 valence electrons. The first-order valence-electron chi connectivity index (χ1n) is 12.0. The van der Waals surface area contributed by atoms with E-state index in [9.17, 15) is 0 Å². The summed E-state index contributed by atoms with van der Waals surface area (Å²) in [5, 5.41) is 6.74. The van der Waals surface area contributed by atoms with Crippen LogP contribution in [0.2, 0.25) is 0 Å². The lowest BCUT2D eigenvalue weighted by Crippen LogP contribution is -2.39. The van der Waals surface area contributed by atoms with Crippen LogP contribution >= 0.6 is 0 Å². The molecule has 0 spiro atoms. The summed E-state index contributed by atoms with van der Waals surface area (Å²) in [6, 6.07) is 8.39. The number of hydrogen-bond donors (Lipinski definition) is 2. The Morgan fingerprint density at radius 1 is 0.848 bits per heavy atom. The first-order valence-corrected chi connectivity index (χ1v) is 12.0. The summed E-state index contributed by atoms with van der Waals surface area (Å²) in [6.45, 7) is 14.5. The van der Waals surface area contributed by atoms with Crippen LogP contribution in [0.1, 0.15) is 13.8 Å². The molecule has 0 saturated carbocycles. The molecule has 3 heterocycles. The highest BCUT2D eigenvalue weighted by Crippen LogP contribution is 2.22. The summed E-state index contributed by atoms with van der Waals surface area (Å²) in [6.07, 6.45) is 0. The molecule has 2 aliphatic heterocycles. The summed E-state index contributed by atoms with van der Waals surface area (Å²) in [5.41, 5.74) is 2.15. The molecule has 0 radical (unpaired) electrons. The lowest BCUT2D eigenvalue weighted by Gasteiger charge is -2.28. The number of aromatic nitrogens is 3. The predicted molar refractivity (Wildman–Crippen MR) is 132 cm³/mol. The highest BCUT2D eigenvalue weighted by molar-refractivity contribution is 5.60. The van der Waals surface area contributed by atoms with E-state index >= 15 is 0 Å². The fourth-order valence-electron chi connectivity index (χ4n) is 4.00. The largest absolute Gasteiger partial charge is 0.379 e. The normalized spacial score (nSPS) is 17.1. The van der Waals surface area contributed by atoms with Gasteiger partial charge in [-0.1, -0.05) is 0 Å². The van der Waals surface area contributed by atoms with Crippen molar-refractivity contribution < 1.29 is 9.47 Å². The lowest BCUT2D eigenvalue weighted by molar-refractivity contribution is 0.0398. The van der Waals surface area contributed by atoms with Crippen LogP contribution in [0, 0.1) is 0 Å². The van der Waals surface area contributed by atoms with E-state index in [4.69, 9.17) is 9.47 Å². The van der Waals surface area contributed by atoms with Crippen molar-refractivity contribution in [2.24, 2.45) is 0 Å². The van der Waals surface area contributed by atoms with Gasteiger partial charge in [0.1, 0.15) is 0 Å². The van der Waals surface area contributed by atoms with Crippen LogP contribution in [0.25, 0.3) is 0 Å². The average molecular weight is 457 g/mol. The van der Waals surface area contributed by atoms with Crippen molar-refractivity contribution >= 4 is 29.2 Å². The van der Waals surface area contributed by atoms with Crippen LogP contribution in [0.5, 0.6) is 0 Å². The second kappa shape index (κ2) is 12.0. The van der Waals surface area contributed by atoms with Gasteiger partial charge in [0.05, 0.1) is 26.4 Å². The number of nitrogens with one attached hydrogen (secondary N) is 2. The molecule has 0 aliphatic carbocycles. The molecule has 0 unspecified atom stereocenters. The van der Waals surface area contributed by atoms with E-state index in [1.807, 2.05) is 0 Å². The van der Waals surface area contributed by atoms with Crippen molar-refractivity contribution in [3.8, 4) is 0 Å². The highest BCUT2D eigenvalue weighted by atomic mass is 16.5. The zero-order valence-electron chi connectivity index (χ0n) is 19.8. The molecule has 0 amide bonds. The minimum atomic E-state index is 0.542. The Bertz CT molecular complexity index is 850. The van der Waals surface area contributed by atoms with Gasteiger partial charge in [-0.15, -0.1) is 0 Å². The number of ether oxygens (including phenoxy) is 2. The number of hydrogen-bond acceptors (Lipinski definition) is 10. The van der Waals surface area contributed by atoms with E-state index in [1.54, 1.807) is 0 Å². The van der Waals surface area contributed by atoms with Gasteiger partial charge in [-0.2, -0.15) is 15.0 Å². The van der Waals surface area contributed by atoms with E-state index < -0.39 is 0 Å². The molecular formula is C23H36N8O2. The first kappa shape index (κ1) is 23.5. The Hall–Kier alpha value is -2.69. The van der Waals surface area contributed by atoms with E-state index in [2.05, 4.69) is 78.4 Å². The fraction of sp³-hybridized carbons (Fsp3) is 0.609. The van der Waals surface area contributed by atoms with Gasteiger partial charge in [-0.05, 0) is 38.1 Å². The average Bonchev–Trinajstić information content (AvgIpc) is 2.86. The number of anilines is 5. The molecule has 1 aromatic heterocycles. The zero-order valence-corrected chi connectivity index (χ0v) is 19.8. The third-order valence-electron chi connectivity index (χ3n) is 5.98. The third kappa shape index (κ3) is 6.66. The minimum Gasteiger partial charge on any atom is -0.379 e. The van der Waals surface area contributed by atoms with Crippen LogP contribution < -0.4 is 20.4 Å².